The average molecular weight is 391 g/mol. The third-order valence-corrected chi connectivity index (χ3v) is 5.08. The Morgan fingerprint density at radius 3 is 3.14 bits per heavy atom. The quantitative estimate of drug-likeness (QED) is 0.546. The van der Waals surface area contributed by atoms with Gasteiger partial charge >= 0.3 is 0 Å². The number of amides is 1. The summed E-state index contributed by atoms with van der Waals surface area (Å²) in [4.78, 5) is 16.7. The van der Waals surface area contributed by atoms with Crippen molar-refractivity contribution in [1.29, 1.82) is 0 Å². The number of nitrogens with one attached hydrogen (secondary N) is 1. The molecule has 0 saturated carbocycles. The van der Waals surface area contributed by atoms with E-state index in [-0.39, 0.29) is 17.8 Å². The smallest absolute Gasteiger partial charge is 0.287 e. The number of pyridine rings is 1. The first-order chi connectivity index (χ1) is 14.2. The zero-order valence-electron chi connectivity index (χ0n) is 15.8. The number of hydrogen-bond acceptors (Lipinski definition) is 5. The molecule has 1 N–H and O–H groups in total. The van der Waals surface area contributed by atoms with Crippen LogP contribution in [0.15, 0.2) is 59.7 Å². The summed E-state index contributed by atoms with van der Waals surface area (Å²) in [7, 11) is 0. The zero-order valence-corrected chi connectivity index (χ0v) is 15.8. The predicted molar refractivity (Wildman–Crippen MR) is 105 cm³/mol. The molecule has 0 bridgehead atoms. The molecule has 5 heterocycles. The monoisotopic (exact) mass is 391 g/mol. The normalized spacial score (nSPS) is 16.5. The van der Waals surface area contributed by atoms with Crippen LogP contribution in [0.1, 0.15) is 29.0 Å². The summed E-state index contributed by atoms with van der Waals surface area (Å²) in [6.45, 7) is 1.96. The fourth-order valence-corrected chi connectivity index (χ4v) is 3.53. The molecule has 1 fully saturated rings. The van der Waals surface area contributed by atoms with E-state index in [1.807, 2.05) is 39.8 Å². The van der Waals surface area contributed by atoms with Crippen molar-refractivity contribution in [3.8, 4) is 11.3 Å². The van der Waals surface area contributed by atoms with Crippen LogP contribution in [0, 0.1) is 0 Å². The lowest BCUT2D eigenvalue weighted by atomic mass is 10.2. The SMILES string of the molecule is O=C(NCc1ccn2ccnc2c1)c1ccc(-c2cnn(CC3CCCO3)c2)o1. The predicted octanol–water partition coefficient (Wildman–Crippen LogP) is 2.90. The van der Waals surface area contributed by atoms with E-state index in [4.69, 9.17) is 9.15 Å². The number of imidazole rings is 1. The molecule has 0 aliphatic carbocycles. The van der Waals surface area contributed by atoms with Crippen LogP contribution in [-0.2, 0) is 17.8 Å². The van der Waals surface area contributed by atoms with Crippen LogP contribution in [0.3, 0.4) is 0 Å². The van der Waals surface area contributed by atoms with Gasteiger partial charge in [0.25, 0.3) is 5.91 Å². The van der Waals surface area contributed by atoms with E-state index < -0.39 is 0 Å². The van der Waals surface area contributed by atoms with Gasteiger partial charge in [-0.2, -0.15) is 5.10 Å². The highest BCUT2D eigenvalue weighted by Crippen LogP contribution is 2.22. The highest BCUT2D eigenvalue weighted by Gasteiger charge is 2.18. The van der Waals surface area contributed by atoms with Crippen molar-refractivity contribution in [1.82, 2.24) is 24.5 Å². The molecule has 4 aromatic rings. The molecule has 1 unspecified atom stereocenters. The molecule has 8 nitrogen and oxygen atoms in total. The molecule has 8 heteroatoms. The van der Waals surface area contributed by atoms with E-state index in [1.165, 1.54) is 0 Å². The number of carbonyl (C=O) groups is 1. The molecule has 1 aliphatic rings. The first kappa shape index (κ1) is 17.7. The number of aromatic nitrogens is 4. The van der Waals surface area contributed by atoms with Crippen molar-refractivity contribution in [3.05, 3.63) is 66.6 Å². The minimum absolute atomic E-state index is 0.224. The molecule has 1 atom stereocenters. The number of rotatable bonds is 6. The van der Waals surface area contributed by atoms with Crippen LogP contribution in [0.2, 0.25) is 0 Å². The number of hydrogen-bond donors (Lipinski definition) is 1. The van der Waals surface area contributed by atoms with Crippen molar-refractivity contribution in [2.24, 2.45) is 0 Å². The molecule has 29 heavy (non-hydrogen) atoms. The van der Waals surface area contributed by atoms with E-state index in [2.05, 4.69) is 15.4 Å². The summed E-state index contributed by atoms with van der Waals surface area (Å²) >= 11 is 0. The van der Waals surface area contributed by atoms with Crippen molar-refractivity contribution in [2.75, 3.05) is 6.61 Å². The molecule has 1 saturated heterocycles. The summed E-state index contributed by atoms with van der Waals surface area (Å²) in [5, 5.41) is 7.26. The second kappa shape index (κ2) is 7.56. The molecular weight excluding hydrogens is 370 g/mol. The van der Waals surface area contributed by atoms with Crippen LogP contribution in [0.4, 0.5) is 0 Å². The first-order valence-corrected chi connectivity index (χ1v) is 9.69. The average Bonchev–Trinajstić information content (AvgIpc) is 3.53. The molecule has 1 amide bonds. The lowest BCUT2D eigenvalue weighted by Gasteiger charge is -2.08. The summed E-state index contributed by atoms with van der Waals surface area (Å²) in [6.07, 6.45) is 11.6. The van der Waals surface area contributed by atoms with Gasteiger partial charge in [0.2, 0.25) is 0 Å². The van der Waals surface area contributed by atoms with Crippen molar-refractivity contribution in [3.63, 3.8) is 0 Å². The fourth-order valence-electron chi connectivity index (χ4n) is 3.53. The Morgan fingerprint density at radius 1 is 1.28 bits per heavy atom. The number of carbonyl (C=O) groups excluding carboxylic acids is 1. The molecule has 0 spiro atoms. The van der Waals surface area contributed by atoms with Crippen molar-refractivity contribution >= 4 is 11.6 Å². The van der Waals surface area contributed by atoms with Gasteiger partial charge in [0, 0.05) is 37.9 Å². The van der Waals surface area contributed by atoms with Crippen LogP contribution in [-0.4, -0.2) is 37.8 Å². The summed E-state index contributed by atoms with van der Waals surface area (Å²) < 4.78 is 15.2. The molecular formula is C21H21N5O3. The summed E-state index contributed by atoms with van der Waals surface area (Å²) in [5.41, 5.74) is 2.66. The van der Waals surface area contributed by atoms with Crippen molar-refractivity contribution < 1.29 is 13.9 Å². The van der Waals surface area contributed by atoms with Gasteiger partial charge in [-0.3, -0.25) is 9.48 Å². The van der Waals surface area contributed by atoms with E-state index >= 15 is 0 Å². The van der Waals surface area contributed by atoms with Gasteiger partial charge in [0.05, 0.1) is 24.4 Å². The fraction of sp³-hybridized carbons (Fsp3) is 0.286. The third kappa shape index (κ3) is 3.79. The highest BCUT2D eigenvalue weighted by atomic mass is 16.5. The van der Waals surface area contributed by atoms with Crippen LogP contribution >= 0.6 is 0 Å². The lowest BCUT2D eigenvalue weighted by Crippen LogP contribution is -2.22. The lowest BCUT2D eigenvalue weighted by molar-refractivity contribution is 0.0923. The minimum Gasteiger partial charge on any atom is -0.451 e. The maximum Gasteiger partial charge on any atom is 0.287 e. The number of ether oxygens (including phenoxy) is 1. The van der Waals surface area contributed by atoms with Gasteiger partial charge < -0.3 is 18.9 Å². The summed E-state index contributed by atoms with van der Waals surface area (Å²) in [6, 6.07) is 7.36. The van der Waals surface area contributed by atoms with E-state index in [0.717, 1.165) is 42.8 Å². The number of nitrogens with zero attached hydrogens (tertiary/aromatic N) is 4. The minimum atomic E-state index is -0.258. The third-order valence-electron chi connectivity index (χ3n) is 5.08. The van der Waals surface area contributed by atoms with E-state index in [9.17, 15) is 4.79 Å². The van der Waals surface area contributed by atoms with Gasteiger partial charge in [0.15, 0.2) is 5.76 Å². The highest BCUT2D eigenvalue weighted by molar-refractivity contribution is 5.92. The Balaban J connectivity index is 1.22. The maximum atomic E-state index is 12.4. The topological polar surface area (TPSA) is 86.6 Å². The largest absolute Gasteiger partial charge is 0.451 e. The van der Waals surface area contributed by atoms with E-state index in [1.54, 1.807) is 24.5 Å². The van der Waals surface area contributed by atoms with Crippen molar-refractivity contribution in [2.45, 2.75) is 32.0 Å². The van der Waals surface area contributed by atoms with Crippen LogP contribution in [0.25, 0.3) is 17.0 Å². The van der Waals surface area contributed by atoms with Gasteiger partial charge in [-0.05, 0) is 42.7 Å². The second-order valence-electron chi connectivity index (χ2n) is 7.16. The Bertz CT molecular complexity index is 1140. The summed E-state index contributed by atoms with van der Waals surface area (Å²) in [5.74, 6) is 0.632. The molecule has 0 radical (unpaired) electrons. The molecule has 1 aliphatic heterocycles. The number of furan rings is 1. The Labute approximate surface area is 167 Å². The van der Waals surface area contributed by atoms with Gasteiger partial charge in [-0.1, -0.05) is 0 Å². The van der Waals surface area contributed by atoms with Gasteiger partial charge in [-0.15, -0.1) is 0 Å². The molecule has 0 aromatic carbocycles. The zero-order chi connectivity index (χ0) is 19.6. The van der Waals surface area contributed by atoms with E-state index in [0.29, 0.717) is 12.3 Å². The molecule has 148 valence electrons. The van der Waals surface area contributed by atoms with Gasteiger partial charge in [-0.25, -0.2) is 4.98 Å². The van der Waals surface area contributed by atoms with Crippen LogP contribution in [0.5, 0.6) is 0 Å². The van der Waals surface area contributed by atoms with Crippen LogP contribution < -0.4 is 5.32 Å². The molecule has 4 aromatic heterocycles. The Hall–Kier alpha value is -3.39. The number of fused-ring (bicyclic) bond motifs is 1. The molecule has 5 rings (SSSR count). The second-order valence-corrected chi connectivity index (χ2v) is 7.16. The van der Waals surface area contributed by atoms with Gasteiger partial charge in [0.1, 0.15) is 11.4 Å². The Morgan fingerprint density at radius 2 is 2.24 bits per heavy atom. The Kier molecular flexibility index (Phi) is 4.61. The first-order valence-electron chi connectivity index (χ1n) is 9.69. The maximum absolute atomic E-state index is 12.4. The standard InChI is InChI=1S/C21H21N5O3/c27-21(23-11-15-5-7-25-8-6-22-20(25)10-15)19-4-3-18(29-19)16-12-24-26(13-16)14-17-2-1-9-28-17/h3-8,10,12-13,17H,1-2,9,11,14H2,(H,23,27).